The average molecular weight is 270 g/mol. The van der Waals surface area contributed by atoms with E-state index in [9.17, 15) is 5.11 Å². The van der Waals surface area contributed by atoms with E-state index in [-0.39, 0.29) is 12.0 Å². The highest BCUT2D eigenvalue weighted by Crippen LogP contribution is 2.35. The molecule has 0 radical (unpaired) electrons. The van der Waals surface area contributed by atoms with Gasteiger partial charge in [0.1, 0.15) is 11.5 Å². The number of aliphatic hydroxyl groups excluding tert-OH is 1. The summed E-state index contributed by atoms with van der Waals surface area (Å²) in [4.78, 5) is 0. The largest absolute Gasteiger partial charge is 0.457 e. The Morgan fingerprint density at radius 2 is 1.70 bits per heavy atom. The van der Waals surface area contributed by atoms with Crippen LogP contribution < -0.4 is 4.74 Å². The molecule has 0 heterocycles. The molecule has 0 spiro atoms. The Balaban J connectivity index is 2.41. The van der Waals surface area contributed by atoms with Crippen LogP contribution in [0.4, 0.5) is 0 Å². The van der Waals surface area contributed by atoms with Crippen molar-refractivity contribution in [1.82, 2.24) is 0 Å². The van der Waals surface area contributed by atoms with Crippen LogP contribution >= 0.6 is 0 Å². The summed E-state index contributed by atoms with van der Waals surface area (Å²) in [6.45, 7) is 8.48. The number of hydrogen-bond donors (Lipinski definition) is 1. The zero-order valence-electron chi connectivity index (χ0n) is 12.6. The number of hydrogen-bond acceptors (Lipinski definition) is 2. The summed E-state index contributed by atoms with van der Waals surface area (Å²) in [5, 5.41) is 9.47. The molecular formula is C18H22O2. The zero-order valence-corrected chi connectivity index (χ0v) is 12.6. The quantitative estimate of drug-likeness (QED) is 0.884. The highest BCUT2D eigenvalue weighted by atomic mass is 16.5. The first-order chi connectivity index (χ1) is 9.41. The van der Waals surface area contributed by atoms with Crippen LogP contribution in [0.1, 0.15) is 37.5 Å². The summed E-state index contributed by atoms with van der Waals surface area (Å²) in [7, 11) is 0. The van der Waals surface area contributed by atoms with Crippen molar-refractivity contribution in [2.24, 2.45) is 0 Å². The first kappa shape index (κ1) is 14.6. The van der Waals surface area contributed by atoms with Crippen molar-refractivity contribution in [2.75, 3.05) is 0 Å². The minimum Gasteiger partial charge on any atom is -0.457 e. The van der Waals surface area contributed by atoms with Crippen molar-refractivity contribution in [3.8, 4) is 11.5 Å². The van der Waals surface area contributed by atoms with Crippen LogP contribution in [-0.2, 0) is 12.0 Å². The van der Waals surface area contributed by atoms with Crippen molar-refractivity contribution in [2.45, 2.75) is 39.7 Å². The second-order valence-corrected chi connectivity index (χ2v) is 6.12. The molecule has 0 saturated carbocycles. The standard InChI is InChI=1S/C18H22O2/c1-13-9-10-16(14(11-13)12-19)20-17-8-6-5-7-15(17)18(2,3)4/h5-11,19H,12H2,1-4H3. The summed E-state index contributed by atoms with van der Waals surface area (Å²) in [5.74, 6) is 1.56. The molecule has 0 aliphatic rings. The second kappa shape index (κ2) is 5.68. The fourth-order valence-corrected chi connectivity index (χ4v) is 2.23. The summed E-state index contributed by atoms with van der Waals surface area (Å²) in [5.41, 5.74) is 3.10. The lowest BCUT2D eigenvalue weighted by Crippen LogP contribution is -2.12. The maximum absolute atomic E-state index is 9.47. The summed E-state index contributed by atoms with van der Waals surface area (Å²) < 4.78 is 6.05. The molecule has 2 heteroatoms. The molecule has 0 amide bonds. The molecule has 0 aliphatic heterocycles. The molecule has 0 aliphatic carbocycles. The Kier molecular flexibility index (Phi) is 4.15. The SMILES string of the molecule is Cc1ccc(Oc2ccccc2C(C)(C)C)c(CO)c1. The van der Waals surface area contributed by atoms with E-state index in [1.165, 1.54) is 0 Å². The van der Waals surface area contributed by atoms with Gasteiger partial charge in [-0.3, -0.25) is 0 Å². The summed E-state index contributed by atoms with van der Waals surface area (Å²) in [6, 6.07) is 13.9. The summed E-state index contributed by atoms with van der Waals surface area (Å²) in [6.07, 6.45) is 0. The van der Waals surface area contributed by atoms with E-state index in [0.717, 1.165) is 28.2 Å². The van der Waals surface area contributed by atoms with Crippen molar-refractivity contribution < 1.29 is 9.84 Å². The third kappa shape index (κ3) is 3.20. The van der Waals surface area contributed by atoms with Gasteiger partial charge in [0.05, 0.1) is 6.61 Å². The minimum absolute atomic E-state index is 0.0146. The number of para-hydroxylation sites is 1. The van der Waals surface area contributed by atoms with E-state index in [4.69, 9.17) is 4.74 Å². The number of aliphatic hydroxyl groups is 1. The highest BCUT2D eigenvalue weighted by Gasteiger charge is 2.19. The zero-order chi connectivity index (χ0) is 14.8. The molecule has 2 rings (SSSR count). The van der Waals surface area contributed by atoms with Crippen molar-refractivity contribution in [3.63, 3.8) is 0 Å². The third-order valence-corrected chi connectivity index (χ3v) is 3.30. The van der Waals surface area contributed by atoms with Gasteiger partial charge in [-0.1, -0.05) is 56.7 Å². The molecule has 0 bridgehead atoms. The Morgan fingerprint density at radius 3 is 2.35 bits per heavy atom. The molecule has 106 valence electrons. The van der Waals surface area contributed by atoms with E-state index < -0.39 is 0 Å². The highest BCUT2D eigenvalue weighted by molar-refractivity contribution is 5.44. The maximum atomic E-state index is 9.47. The van der Waals surface area contributed by atoms with Crippen LogP contribution in [-0.4, -0.2) is 5.11 Å². The molecule has 2 aromatic carbocycles. The van der Waals surface area contributed by atoms with Gasteiger partial charge in [0.25, 0.3) is 0 Å². The van der Waals surface area contributed by atoms with E-state index in [0.29, 0.717) is 0 Å². The van der Waals surface area contributed by atoms with Gasteiger partial charge >= 0.3 is 0 Å². The lowest BCUT2D eigenvalue weighted by atomic mass is 9.86. The smallest absolute Gasteiger partial charge is 0.132 e. The van der Waals surface area contributed by atoms with Crippen molar-refractivity contribution >= 4 is 0 Å². The maximum Gasteiger partial charge on any atom is 0.132 e. The number of benzene rings is 2. The van der Waals surface area contributed by atoms with Gasteiger partial charge in [0.2, 0.25) is 0 Å². The van der Waals surface area contributed by atoms with Crippen LogP contribution in [0.5, 0.6) is 11.5 Å². The molecule has 0 fully saturated rings. The molecular weight excluding hydrogens is 248 g/mol. The number of aryl methyl sites for hydroxylation is 1. The van der Waals surface area contributed by atoms with Crippen LogP contribution in [0.25, 0.3) is 0 Å². The first-order valence-electron chi connectivity index (χ1n) is 6.89. The van der Waals surface area contributed by atoms with Gasteiger partial charge in [-0.25, -0.2) is 0 Å². The van der Waals surface area contributed by atoms with Crippen LogP contribution in [0.15, 0.2) is 42.5 Å². The first-order valence-corrected chi connectivity index (χ1v) is 6.89. The van der Waals surface area contributed by atoms with Crippen LogP contribution in [0, 0.1) is 6.92 Å². The topological polar surface area (TPSA) is 29.5 Å². The fraction of sp³-hybridized carbons (Fsp3) is 0.333. The lowest BCUT2D eigenvalue weighted by Gasteiger charge is -2.23. The second-order valence-electron chi connectivity index (χ2n) is 6.12. The van der Waals surface area contributed by atoms with Gasteiger partial charge in [-0.15, -0.1) is 0 Å². The molecule has 20 heavy (non-hydrogen) atoms. The molecule has 1 N–H and O–H groups in total. The predicted octanol–water partition coefficient (Wildman–Crippen LogP) is 4.58. The van der Waals surface area contributed by atoms with E-state index >= 15 is 0 Å². The summed E-state index contributed by atoms with van der Waals surface area (Å²) >= 11 is 0. The Hall–Kier alpha value is -1.80. The van der Waals surface area contributed by atoms with Gasteiger partial charge in [-0.2, -0.15) is 0 Å². The predicted molar refractivity (Wildman–Crippen MR) is 82.3 cm³/mol. The van der Waals surface area contributed by atoms with Gasteiger partial charge in [0, 0.05) is 11.1 Å². The van der Waals surface area contributed by atoms with E-state index in [1.807, 2.05) is 43.3 Å². The Morgan fingerprint density at radius 1 is 1.00 bits per heavy atom. The minimum atomic E-state index is -0.0191. The number of ether oxygens (including phenoxy) is 1. The van der Waals surface area contributed by atoms with Crippen LogP contribution in [0.2, 0.25) is 0 Å². The van der Waals surface area contributed by atoms with Gasteiger partial charge in [-0.05, 0) is 24.5 Å². The average Bonchev–Trinajstić information content (AvgIpc) is 2.40. The monoisotopic (exact) mass is 270 g/mol. The van der Waals surface area contributed by atoms with Crippen LogP contribution in [0.3, 0.4) is 0 Å². The van der Waals surface area contributed by atoms with Gasteiger partial charge in [0.15, 0.2) is 0 Å². The molecule has 0 saturated heterocycles. The molecule has 0 aromatic heterocycles. The Bertz CT molecular complexity index is 595. The number of rotatable bonds is 3. The van der Waals surface area contributed by atoms with E-state index in [2.05, 4.69) is 26.8 Å². The third-order valence-electron chi connectivity index (χ3n) is 3.30. The normalized spacial score (nSPS) is 11.4. The Labute approximate surface area is 121 Å². The lowest BCUT2D eigenvalue weighted by molar-refractivity contribution is 0.276. The van der Waals surface area contributed by atoms with Crippen molar-refractivity contribution in [1.29, 1.82) is 0 Å². The molecule has 2 nitrogen and oxygen atoms in total. The van der Waals surface area contributed by atoms with Crippen molar-refractivity contribution in [3.05, 3.63) is 59.2 Å². The van der Waals surface area contributed by atoms with Gasteiger partial charge < -0.3 is 9.84 Å². The molecule has 2 aromatic rings. The van der Waals surface area contributed by atoms with E-state index in [1.54, 1.807) is 0 Å². The molecule has 0 unspecified atom stereocenters. The fourth-order valence-electron chi connectivity index (χ4n) is 2.23. The molecule has 0 atom stereocenters.